The molecule has 3 heteroatoms. The average Bonchev–Trinajstić information content (AvgIpc) is 2.29. The van der Waals surface area contributed by atoms with Crippen molar-refractivity contribution in [3.8, 4) is 17.2 Å². The summed E-state index contributed by atoms with van der Waals surface area (Å²) in [5.41, 5.74) is 0.381. The van der Waals surface area contributed by atoms with Crippen molar-refractivity contribution < 1.29 is 8.78 Å². The summed E-state index contributed by atoms with van der Waals surface area (Å²) < 4.78 is 26.8. The normalized spacial score (nSPS) is 9.81. The van der Waals surface area contributed by atoms with E-state index in [0.29, 0.717) is 0 Å². The smallest absolute Gasteiger partial charge is 0.141 e. The SMILES string of the molecule is N#Cc1c(F)cccc1-c1ccccc1F. The van der Waals surface area contributed by atoms with Crippen molar-refractivity contribution in [2.45, 2.75) is 0 Å². The molecule has 0 aromatic heterocycles. The zero-order chi connectivity index (χ0) is 11.5. The summed E-state index contributed by atoms with van der Waals surface area (Å²) in [6, 6.07) is 11.9. The molecule has 2 aromatic carbocycles. The molecule has 0 bridgehead atoms. The van der Waals surface area contributed by atoms with E-state index in [1.165, 1.54) is 30.3 Å². The number of halogens is 2. The lowest BCUT2D eigenvalue weighted by atomic mass is 9.99. The fraction of sp³-hybridized carbons (Fsp3) is 0. The quantitative estimate of drug-likeness (QED) is 0.714. The standard InChI is InChI=1S/C13H7F2N/c14-12-6-2-1-4-10(12)9-5-3-7-13(15)11(9)8-16/h1-7H. The van der Waals surface area contributed by atoms with Crippen LogP contribution in [0.3, 0.4) is 0 Å². The molecule has 0 unspecified atom stereocenters. The molecule has 0 aliphatic heterocycles. The molecule has 0 saturated heterocycles. The second-order valence-electron chi connectivity index (χ2n) is 3.25. The van der Waals surface area contributed by atoms with Gasteiger partial charge in [0.25, 0.3) is 0 Å². The first-order chi connectivity index (χ1) is 7.74. The van der Waals surface area contributed by atoms with Crippen LogP contribution in [0.1, 0.15) is 5.56 Å². The largest absolute Gasteiger partial charge is 0.206 e. The van der Waals surface area contributed by atoms with Crippen molar-refractivity contribution in [2.24, 2.45) is 0 Å². The van der Waals surface area contributed by atoms with Gasteiger partial charge in [-0.1, -0.05) is 30.3 Å². The van der Waals surface area contributed by atoms with Gasteiger partial charge in [0.15, 0.2) is 0 Å². The Kier molecular flexibility index (Phi) is 2.65. The lowest BCUT2D eigenvalue weighted by molar-refractivity contribution is 0.621. The van der Waals surface area contributed by atoms with E-state index in [0.717, 1.165) is 0 Å². The molecule has 0 atom stereocenters. The van der Waals surface area contributed by atoms with Crippen LogP contribution >= 0.6 is 0 Å². The van der Waals surface area contributed by atoms with E-state index in [1.54, 1.807) is 18.2 Å². The number of hydrogen-bond donors (Lipinski definition) is 0. The van der Waals surface area contributed by atoms with Crippen molar-refractivity contribution in [1.82, 2.24) is 0 Å². The van der Waals surface area contributed by atoms with E-state index in [1.807, 2.05) is 0 Å². The average molecular weight is 215 g/mol. The van der Waals surface area contributed by atoms with Crippen LogP contribution in [-0.2, 0) is 0 Å². The van der Waals surface area contributed by atoms with Gasteiger partial charge < -0.3 is 0 Å². The van der Waals surface area contributed by atoms with Gasteiger partial charge >= 0.3 is 0 Å². The Morgan fingerprint density at radius 2 is 1.44 bits per heavy atom. The maximum atomic E-state index is 13.5. The Labute approximate surface area is 91.6 Å². The fourth-order valence-electron chi connectivity index (χ4n) is 1.54. The number of benzene rings is 2. The van der Waals surface area contributed by atoms with Gasteiger partial charge in [-0.2, -0.15) is 5.26 Å². The zero-order valence-electron chi connectivity index (χ0n) is 8.24. The molecule has 16 heavy (non-hydrogen) atoms. The Morgan fingerprint density at radius 3 is 2.12 bits per heavy atom. The van der Waals surface area contributed by atoms with E-state index in [4.69, 9.17) is 5.26 Å². The van der Waals surface area contributed by atoms with Crippen LogP contribution < -0.4 is 0 Å². The molecule has 78 valence electrons. The molecular weight excluding hydrogens is 208 g/mol. The lowest BCUT2D eigenvalue weighted by Gasteiger charge is -2.05. The van der Waals surface area contributed by atoms with Gasteiger partial charge in [0.1, 0.15) is 17.7 Å². The molecule has 1 nitrogen and oxygen atoms in total. The highest BCUT2D eigenvalue weighted by Crippen LogP contribution is 2.27. The minimum absolute atomic E-state index is 0.132. The van der Waals surface area contributed by atoms with Gasteiger partial charge in [-0.05, 0) is 12.1 Å². The van der Waals surface area contributed by atoms with E-state index in [9.17, 15) is 8.78 Å². The Bertz CT molecular complexity index is 570. The molecule has 0 fully saturated rings. The third kappa shape index (κ3) is 1.66. The van der Waals surface area contributed by atoms with E-state index in [-0.39, 0.29) is 16.7 Å². The van der Waals surface area contributed by atoms with Gasteiger partial charge in [0.2, 0.25) is 0 Å². The van der Waals surface area contributed by atoms with Crippen LogP contribution in [0.5, 0.6) is 0 Å². The summed E-state index contributed by atoms with van der Waals surface area (Å²) in [5.74, 6) is -1.10. The Hall–Kier alpha value is -2.21. The summed E-state index contributed by atoms with van der Waals surface area (Å²) in [4.78, 5) is 0. The highest BCUT2D eigenvalue weighted by atomic mass is 19.1. The van der Waals surface area contributed by atoms with Gasteiger partial charge in [0, 0.05) is 11.1 Å². The van der Waals surface area contributed by atoms with Crippen LogP contribution in [0.4, 0.5) is 8.78 Å². The zero-order valence-corrected chi connectivity index (χ0v) is 8.24. The minimum Gasteiger partial charge on any atom is -0.206 e. The first-order valence-electron chi connectivity index (χ1n) is 4.67. The van der Waals surface area contributed by atoms with Crippen molar-refractivity contribution in [2.75, 3.05) is 0 Å². The van der Waals surface area contributed by atoms with Crippen molar-refractivity contribution >= 4 is 0 Å². The fourth-order valence-corrected chi connectivity index (χ4v) is 1.54. The number of nitrogens with zero attached hydrogens (tertiary/aromatic N) is 1. The third-order valence-electron chi connectivity index (χ3n) is 2.29. The van der Waals surface area contributed by atoms with Crippen LogP contribution in [0, 0.1) is 23.0 Å². The van der Waals surface area contributed by atoms with Gasteiger partial charge in [-0.15, -0.1) is 0 Å². The number of nitriles is 1. The molecule has 0 aliphatic carbocycles. The Balaban J connectivity index is 2.71. The van der Waals surface area contributed by atoms with Crippen LogP contribution in [0.2, 0.25) is 0 Å². The molecule has 0 N–H and O–H groups in total. The summed E-state index contributed by atoms with van der Waals surface area (Å²) in [5, 5.41) is 8.84. The van der Waals surface area contributed by atoms with E-state index in [2.05, 4.69) is 0 Å². The molecule has 0 saturated carbocycles. The second-order valence-corrected chi connectivity index (χ2v) is 3.25. The Morgan fingerprint density at radius 1 is 0.812 bits per heavy atom. The monoisotopic (exact) mass is 215 g/mol. The molecule has 0 spiro atoms. The summed E-state index contributed by atoms with van der Waals surface area (Å²) in [6.07, 6.45) is 0. The molecular formula is C13H7F2N. The van der Waals surface area contributed by atoms with Crippen molar-refractivity contribution in [3.63, 3.8) is 0 Å². The topological polar surface area (TPSA) is 23.8 Å². The van der Waals surface area contributed by atoms with E-state index >= 15 is 0 Å². The number of hydrogen-bond acceptors (Lipinski definition) is 1. The van der Waals surface area contributed by atoms with Gasteiger partial charge in [-0.25, -0.2) is 8.78 Å². The van der Waals surface area contributed by atoms with Crippen LogP contribution in [-0.4, -0.2) is 0 Å². The lowest BCUT2D eigenvalue weighted by Crippen LogP contribution is -1.91. The second kappa shape index (κ2) is 4.11. The van der Waals surface area contributed by atoms with Gasteiger partial charge in [-0.3, -0.25) is 0 Å². The highest BCUT2D eigenvalue weighted by molar-refractivity contribution is 5.71. The third-order valence-corrected chi connectivity index (χ3v) is 2.29. The maximum absolute atomic E-state index is 13.5. The molecule has 2 aromatic rings. The van der Waals surface area contributed by atoms with E-state index < -0.39 is 11.6 Å². The summed E-state index contributed by atoms with van der Waals surface area (Å²) >= 11 is 0. The van der Waals surface area contributed by atoms with Gasteiger partial charge in [0.05, 0.1) is 5.56 Å². The molecule has 0 aliphatic rings. The van der Waals surface area contributed by atoms with Crippen molar-refractivity contribution in [1.29, 1.82) is 5.26 Å². The maximum Gasteiger partial charge on any atom is 0.141 e. The predicted molar refractivity (Wildman–Crippen MR) is 56.5 cm³/mol. The van der Waals surface area contributed by atoms with Crippen LogP contribution in [0.15, 0.2) is 42.5 Å². The minimum atomic E-state index is -0.636. The van der Waals surface area contributed by atoms with Crippen LogP contribution in [0.25, 0.3) is 11.1 Å². The predicted octanol–water partition coefficient (Wildman–Crippen LogP) is 3.50. The molecule has 2 rings (SSSR count). The highest BCUT2D eigenvalue weighted by Gasteiger charge is 2.12. The van der Waals surface area contributed by atoms with Crippen molar-refractivity contribution in [3.05, 3.63) is 59.7 Å². The molecule has 0 radical (unpaired) electrons. The summed E-state index contributed by atoms with van der Waals surface area (Å²) in [7, 11) is 0. The first-order valence-corrected chi connectivity index (χ1v) is 4.67. The molecule has 0 heterocycles. The number of rotatable bonds is 1. The summed E-state index contributed by atoms with van der Waals surface area (Å²) in [6.45, 7) is 0. The molecule has 0 amide bonds. The first kappa shape index (κ1) is 10.3.